The Morgan fingerprint density at radius 2 is 2.20 bits per heavy atom. The molecule has 0 aliphatic carbocycles. The Morgan fingerprint density at radius 3 is 2.85 bits per heavy atom. The Bertz CT molecular complexity index is 671. The smallest absolute Gasteiger partial charge is 0.279 e. The molecule has 0 amide bonds. The number of benzene rings is 1. The van der Waals surface area contributed by atoms with Crippen LogP contribution >= 0.6 is 0 Å². The van der Waals surface area contributed by atoms with Gasteiger partial charge in [0.15, 0.2) is 5.03 Å². The highest BCUT2D eigenvalue weighted by molar-refractivity contribution is 7.92. The molecule has 0 unspecified atom stereocenters. The largest absolute Gasteiger partial charge is 0.383 e. The summed E-state index contributed by atoms with van der Waals surface area (Å²) < 4.78 is 40.2. The molecule has 108 valence electrons. The summed E-state index contributed by atoms with van der Waals surface area (Å²) in [7, 11) is -3.89. The number of imidazole rings is 1. The van der Waals surface area contributed by atoms with Crippen LogP contribution in [-0.4, -0.2) is 24.9 Å². The van der Waals surface area contributed by atoms with Gasteiger partial charge in [0.1, 0.15) is 11.5 Å². The molecule has 20 heavy (non-hydrogen) atoms. The molecule has 0 aliphatic rings. The van der Waals surface area contributed by atoms with Crippen LogP contribution < -0.4 is 10.0 Å². The number of rotatable bonds is 6. The highest BCUT2D eigenvalue weighted by Crippen LogP contribution is 2.27. The molecule has 2 rings (SSSR count). The summed E-state index contributed by atoms with van der Waals surface area (Å²) in [4.78, 5) is 6.12. The van der Waals surface area contributed by atoms with Crippen molar-refractivity contribution >= 4 is 21.4 Å². The number of hydrogen-bond donors (Lipinski definition) is 3. The molecule has 0 bridgehead atoms. The van der Waals surface area contributed by atoms with Gasteiger partial charge in [-0.3, -0.25) is 4.72 Å². The number of hydrogen-bond acceptors (Lipinski definition) is 4. The van der Waals surface area contributed by atoms with Gasteiger partial charge in [0.05, 0.1) is 18.2 Å². The van der Waals surface area contributed by atoms with E-state index >= 15 is 0 Å². The lowest BCUT2D eigenvalue weighted by molar-refractivity contribution is 0.596. The van der Waals surface area contributed by atoms with E-state index in [2.05, 4.69) is 20.0 Å². The number of sulfonamides is 1. The first-order valence-corrected chi connectivity index (χ1v) is 7.56. The third-order valence-corrected chi connectivity index (χ3v) is 3.85. The standard InChI is InChI=1S/C12H15FN4O2S/c1-2-6-15-10-5-3-4-9(13)12(10)17-20(18,19)11-7-14-8-16-11/h3-5,7-8,15,17H,2,6H2,1H3,(H,14,16). The van der Waals surface area contributed by atoms with Crippen molar-refractivity contribution in [2.75, 3.05) is 16.6 Å². The van der Waals surface area contributed by atoms with E-state index in [4.69, 9.17) is 0 Å². The van der Waals surface area contributed by atoms with Gasteiger partial charge < -0.3 is 10.3 Å². The van der Waals surface area contributed by atoms with Gasteiger partial charge in [-0.1, -0.05) is 13.0 Å². The summed E-state index contributed by atoms with van der Waals surface area (Å²) in [5, 5.41) is 2.86. The van der Waals surface area contributed by atoms with Gasteiger partial charge >= 0.3 is 0 Å². The second-order valence-corrected chi connectivity index (χ2v) is 5.76. The molecule has 0 atom stereocenters. The minimum absolute atomic E-state index is 0.101. The fourth-order valence-corrected chi connectivity index (χ4v) is 2.61. The number of nitrogens with zero attached hydrogens (tertiary/aromatic N) is 1. The zero-order valence-electron chi connectivity index (χ0n) is 10.9. The number of nitrogens with one attached hydrogen (secondary N) is 3. The van der Waals surface area contributed by atoms with Gasteiger partial charge in [0, 0.05) is 6.54 Å². The van der Waals surface area contributed by atoms with Gasteiger partial charge in [0.2, 0.25) is 0 Å². The van der Waals surface area contributed by atoms with Crippen molar-refractivity contribution in [3.63, 3.8) is 0 Å². The van der Waals surface area contributed by atoms with Crippen molar-refractivity contribution in [2.24, 2.45) is 0 Å². The zero-order valence-corrected chi connectivity index (χ0v) is 11.7. The van der Waals surface area contributed by atoms with Gasteiger partial charge in [-0.2, -0.15) is 8.42 Å². The molecule has 3 N–H and O–H groups in total. The topological polar surface area (TPSA) is 86.9 Å². The molecule has 0 radical (unpaired) electrons. The van der Waals surface area contributed by atoms with Crippen molar-refractivity contribution in [3.05, 3.63) is 36.5 Å². The van der Waals surface area contributed by atoms with E-state index in [-0.39, 0.29) is 10.7 Å². The second-order valence-electron chi connectivity index (χ2n) is 4.11. The summed E-state index contributed by atoms with van der Waals surface area (Å²) in [6.45, 7) is 2.57. The van der Waals surface area contributed by atoms with Crippen molar-refractivity contribution in [1.82, 2.24) is 9.97 Å². The van der Waals surface area contributed by atoms with Gasteiger partial charge in [0.25, 0.3) is 10.0 Å². The maximum Gasteiger partial charge on any atom is 0.279 e. The minimum atomic E-state index is -3.89. The van der Waals surface area contributed by atoms with E-state index in [0.29, 0.717) is 12.2 Å². The molecule has 1 aromatic carbocycles. The summed E-state index contributed by atoms with van der Waals surface area (Å²) in [6, 6.07) is 4.33. The molecule has 0 aliphatic heterocycles. The lowest BCUT2D eigenvalue weighted by atomic mass is 10.2. The molecule has 6 nitrogen and oxygen atoms in total. The van der Waals surface area contributed by atoms with Gasteiger partial charge in [-0.05, 0) is 18.6 Å². The molecule has 1 heterocycles. The summed E-state index contributed by atoms with van der Waals surface area (Å²) in [6.07, 6.45) is 3.23. The third kappa shape index (κ3) is 3.08. The fraction of sp³-hybridized carbons (Fsp3) is 0.250. The van der Waals surface area contributed by atoms with Gasteiger partial charge in [-0.15, -0.1) is 0 Å². The van der Waals surface area contributed by atoms with Gasteiger partial charge in [-0.25, -0.2) is 9.37 Å². The first kappa shape index (κ1) is 14.3. The molecule has 0 spiro atoms. The quantitative estimate of drug-likeness (QED) is 0.763. The molecule has 0 saturated carbocycles. The fourth-order valence-electron chi connectivity index (χ4n) is 1.61. The Hall–Kier alpha value is -2.09. The number of anilines is 2. The van der Waals surface area contributed by atoms with Crippen LogP contribution in [0.1, 0.15) is 13.3 Å². The third-order valence-electron chi connectivity index (χ3n) is 2.58. The lowest BCUT2D eigenvalue weighted by Crippen LogP contribution is -2.16. The lowest BCUT2D eigenvalue weighted by Gasteiger charge is -2.13. The molecule has 2 aromatic rings. The van der Waals surface area contributed by atoms with E-state index in [1.165, 1.54) is 18.5 Å². The molecule has 0 fully saturated rings. The number of H-pyrrole nitrogens is 1. The Kier molecular flexibility index (Phi) is 4.23. The Balaban J connectivity index is 2.33. The van der Waals surface area contributed by atoms with Crippen LogP contribution in [-0.2, 0) is 10.0 Å². The molecule has 8 heteroatoms. The van der Waals surface area contributed by atoms with Crippen molar-refractivity contribution in [2.45, 2.75) is 18.4 Å². The molecular formula is C12H15FN4O2S. The van der Waals surface area contributed by atoms with Crippen molar-refractivity contribution < 1.29 is 12.8 Å². The van der Waals surface area contributed by atoms with Crippen LogP contribution in [0.3, 0.4) is 0 Å². The maximum atomic E-state index is 13.9. The SMILES string of the molecule is CCCNc1cccc(F)c1NS(=O)(=O)c1cnc[nH]1. The molecule has 0 saturated heterocycles. The first-order valence-electron chi connectivity index (χ1n) is 6.08. The highest BCUT2D eigenvalue weighted by atomic mass is 32.2. The van der Waals surface area contributed by atoms with E-state index in [1.54, 1.807) is 6.07 Å². The monoisotopic (exact) mass is 298 g/mol. The summed E-state index contributed by atoms with van der Waals surface area (Å²) in [5.74, 6) is -0.644. The van der Waals surface area contributed by atoms with E-state index < -0.39 is 15.8 Å². The van der Waals surface area contributed by atoms with Crippen molar-refractivity contribution in [3.8, 4) is 0 Å². The van der Waals surface area contributed by atoms with Crippen LogP contribution in [0.25, 0.3) is 0 Å². The number of aromatic amines is 1. The maximum absolute atomic E-state index is 13.9. The predicted molar refractivity (Wildman–Crippen MR) is 74.6 cm³/mol. The van der Waals surface area contributed by atoms with Crippen LogP contribution in [0.4, 0.5) is 15.8 Å². The van der Waals surface area contributed by atoms with E-state index in [1.807, 2.05) is 6.92 Å². The average Bonchev–Trinajstić information content (AvgIpc) is 2.94. The van der Waals surface area contributed by atoms with Crippen LogP contribution in [0.2, 0.25) is 0 Å². The number of halogens is 1. The minimum Gasteiger partial charge on any atom is -0.383 e. The van der Waals surface area contributed by atoms with Crippen LogP contribution in [0.15, 0.2) is 35.7 Å². The molecular weight excluding hydrogens is 283 g/mol. The average molecular weight is 298 g/mol. The normalized spacial score (nSPS) is 11.3. The predicted octanol–water partition coefficient (Wildman–Crippen LogP) is 2.17. The second kappa shape index (κ2) is 5.91. The summed E-state index contributed by atoms with van der Waals surface area (Å²) in [5.41, 5.74) is 0.297. The van der Waals surface area contributed by atoms with Crippen LogP contribution in [0.5, 0.6) is 0 Å². The van der Waals surface area contributed by atoms with E-state index in [9.17, 15) is 12.8 Å². The van der Waals surface area contributed by atoms with Crippen LogP contribution in [0, 0.1) is 5.82 Å². The highest BCUT2D eigenvalue weighted by Gasteiger charge is 2.19. The molecule has 1 aromatic heterocycles. The van der Waals surface area contributed by atoms with Crippen molar-refractivity contribution in [1.29, 1.82) is 0 Å². The summed E-state index contributed by atoms with van der Waals surface area (Å²) >= 11 is 0. The van der Waals surface area contributed by atoms with E-state index in [0.717, 1.165) is 12.6 Å². The Morgan fingerprint density at radius 1 is 1.40 bits per heavy atom. The Labute approximate surface area is 116 Å². The zero-order chi connectivity index (χ0) is 14.6. The number of aromatic nitrogens is 2. The first-order chi connectivity index (χ1) is 9.54. The number of para-hydroxylation sites is 1.